The van der Waals surface area contributed by atoms with Gasteiger partial charge >= 0.3 is 0 Å². The summed E-state index contributed by atoms with van der Waals surface area (Å²) < 4.78 is 0. The van der Waals surface area contributed by atoms with Gasteiger partial charge in [0.25, 0.3) is 0 Å². The zero-order valence-corrected chi connectivity index (χ0v) is 11.5. The molecule has 0 spiro atoms. The van der Waals surface area contributed by atoms with Crippen molar-refractivity contribution >= 4 is 17.4 Å². The Kier molecular flexibility index (Phi) is 4.92. The molecular formula is C14H15ClN4O. The van der Waals surface area contributed by atoms with Gasteiger partial charge in [0.05, 0.1) is 0 Å². The smallest absolute Gasteiger partial charge is 0.188 e. The first-order valence-corrected chi connectivity index (χ1v) is 6.45. The molecule has 0 amide bonds. The molecule has 104 valence electrons. The van der Waals surface area contributed by atoms with Crippen LogP contribution in [0.25, 0.3) is 0 Å². The molecule has 0 fully saturated rings. The Morgan fingerprint density at radius 1 is 1.25 bits per heavy atom. The normalized spacial score (nSPS) is 11.6. The second kappa shape index (κ2) is 6.88. The number of nitrogens with one attached hydrogen (secondary N) is 1. The van der Waals surface area contributed by atoms with Gasteiger partial charge in [0.2, 0.25) is 0 Å². The summed E-state index contributed by atoms with van der Waals surface area (Å²) in [6.45, 7) is 1.36. The third-order valence-corrected chi connectivity index (χ3v) is 2.98. The minimum absolute atomic E-state index is 0.00157. The highest BCUT2D eigenvalue weighted by molar-refractivity contribution is 6.30. The molecule has 2 rings (SSSR count). The summed E-state index contributed by atoms with van der Waals surface area (Å²) in [6.07, 6.45) is 1.63. The fraction of sp³-hybridized carbons (Fsp3) is 0.143. The van der Waals surface area contributed by atoms with Gasteiger partial charge in [-0.05, 0) is 35.4 Å². The summed E-state index contributed by atoms with van der Waals surface area (Å²) in [6, 6.07) is 11.3. The quantitative estimate of drug-likeness (QED) is 0.341. The second-order valence-electron chi connectivity index (χ2n) is 4.27. The number of aromatic nitrogens is 1. The molecule has 0 aliphatic rings. The number of oxime groups is 1. The van der Waals surface area contributed by atoms with E-state index in [4.69, 9.17) is 22.5 Å². The number of nitrogens with zero attached hydrogens (tertiary/aromatic N) is 2. The lowest BCUT2D eigenvalue weighted by molar-refractivity contribution is 0.318. The van der Waals surface area contributed by atoms with E-state index in [1.807, 2.05) is 30.3 Å². The SMILES string of the molecule is NC(=NO)c1cc(CNCc2cccc(Cl)c2)ccn1. The first kappa shape index (κ1) is 14.3. The van der Waals surface area contributed by atoms with E-state index in [1.54, 1.807) is 12.3 Å². The van der Waals surface area contributed by atoms with Crippen molar-refractivity contribution in [2.45, 2.75) is 13.1 Å². The first-order chi connectivity index (χ1) is 9.69. The maximum absolute atomic E-state index is 8.62. The van der Waals surface area contributed by atoms with Crippen LogP contribution in [0.5, 0.6) is 0 Å². The van der Waals surface area contributed by atoms with E-state index in [0.717, 1.165) is 16.1 Å². The Balaban J connectivity index is 1.94. The summed E-state index contributed by atoms with van der Waals surface area (Å²) in [5, 5.41) is 15.6. The molecule has 1 heterocycles. The average molecular weight is 291 g/mol. The summed E-state index contributed by atoms with van der Waals surface area (Å²) >= 11 is 5.93. The number of rotatable bonds is 5. The number of nitrogens with two attached hydrogens (primary N) is 1. The maximum atomic E-state index is 8.62. The molecule has 0 unspecified atom stereocenters. The van der Waals surface area contributed by atoms with Crippen LogP contribution in [0.4, 0.5) is 0 Å². The number of benzene rings is 1. The van der Waals surface area contributed by atoms with Gasteiger partial charge in [0.15, 0.2) is 5.84 Å². The Hall–Kier alpha value is -2.11. The maximum Gasteiger partial charge on any atom is 0.188 e. The highest BCUT2D eigenvalue weighted by Crippen LogP contribution is 2.10. The molecule has 2 aromatic rings. The van der Waals surface area contributed by atoms with E-state index < -0.39 is 0 Å². The van der Waals surface area contributed by atoms with Crippen LogP contribution in [-0.2, 0) is 13.1 Å². The topological polar surface area (TPSA) is 83.5 Å². The number of hydrogen-bond donors (Lipinski definition) is 3. The third-order valence-electron chi connectivity index (χ3n) is 2.74. The van der Waals surface area contributed by atoms with E-state index in [-0.39, 0.29) is 5.84 Å². The third kappa shape index (κ3) is 3.94. The van der Waals surface area contributed by atoms with Crippen LogP contribution in [0, 0.1) is 0 Å². The number of hydrogen-bond acceptors (Lipinski definition) is 4. The lowest BCUT2D eigenvalue weighted by Gasteiger charge is -2.06. The average Bonchev–Trinajstić information content (AvgIpc) is 2.47. The fourth-order valence-electron chi connectivity index (χ4n) is 1.77. The molecule has 0 saturated heterocycles. The number of halogens is 1. The summed E-state index contributed by atoms with van der Waals surface area (Å²) in [5.41, 5.74) is 8.07. The Bertz CT molecular complexity index is 616. The molecule has 1 aromatic heterocycles. The van der Waals surface area contributed by atoms with Gasteiger partial charge < -0.3 is 16.3 Å². The highest BCUT2D eigenvalue weighted by atomic mass is 35.5. The van der Waals surface area contributed by atoms with E-state index in [0.29, 0.717) is 18.8 Å². The van der Waals surface area contributed by atoms with Gasteiger partial charge in [-0.25, -0.2) is 0 Å². The summed E-state index contributed by atoms with van der Waals surface area (Å²) in [5.74, 6) is 0.00157. The molecule has 6 heteroatoms. The highest BCUT2D eigenvalue weighted by Gasteiger charge is 2.02. The van der Waals surface area contributed by atoms with Crippen LogP contribution in [-0.4, -0.2) is 16.0 Å². The van der Waals surface area contributed by atoms with Crippen molar-refractivity contribution in [3.8, 4) is 0 Å². The zero-order valence-electron chi connectivity index (χ0n) is 10.8. The zero-order chi connectivity index (χ0) is 14.4. The van der Waals surface area contributed by atoms with E-state index >= 15 is 0 Å². The standard InChI is InChI=1S/C14H15ClN4O/c15-12-3-1-2-10(6-12)8-17-9-11-4-5-18-13(7-11)14(16)19-20/h1-7,17,20H,8-9H2,(H2,16,19). The molecule has 1 aromatic carbocycles. The van der Waals surface area contributed by atoms with Crippen LogP contribution in [0.3, 0.4) is 0 Å². The predicted octanol–water partition coefficient (Wildman–Crippen LogP) is 2.12. The van der Waals surface area contributed by atoms with Gasteiger partial charge in [-0.1, -0.05) is 28.9 Å². The number of amidine groups is 1. The predicted molar refractivity (Wildman–Crippen MR) is 78.7 cm³/mol. The van der Waals surface area contributed by atoms with Crippen molar-refractivity contribution in [1.82, 2.24) is 10.3 Å². The molecule has 0 atom stereocenters. The van der Waals surface area contributed by atoms with Crippen LogP contribution in [0.2, 0.25) is 5.02 Å². The largest absolute Gasteiger partial charge is 0.409 e. The lowest BCUT2D eigenvalue weighted by atomic mass is 10.2. The molecular weight excluding hydrogens is 276 g/mol. The Morgan fingerprint density at radius 3 is 2.70 bits per heavy atom. The van der Waals surface area contributed by atoms with Crippen LogP contribution in [0.15, 0.2) is 47.8 Å². The molecule has 0 aliphatic heterocycles. The Morgan fingerprint density at radius 2 is 2.00 bits per heavy atom. The molecule has 0 radical (unpaired) electrons. The second-order valence-corrected chi connectivity index (χ2v) is 4.70. The minimum atomic E-state index is 0.00157. The van der Waals surface area contributed by atoms with Crippen molar-refractivity contribution in [3.63, 3.8) is 0 Å². The molecule has 4 N–H and O–H groups in total. The van der Waals surface area contributed by atoms with Gasteiger partial charge in [-0.3, -0.25) is 4.98 Å². The summed E-state index contributed by atoms with van der Waals surface area (Å²) in [7, 11) is 0. The van der Waals surface area contributed by atoms with Crippen molar-refractivity contribution in [2.75, 3.05) is 0 Å². The van der Waals surface area contributed by atoms with E-state index in [2.05, 4.69) is 15.5 Å². The van der Waals surface area contributed by atoms with Gasteiger partial charge in [0.1, 0.15) is 5.69 Å². The molecule has 0 saturated carbocycles. The number of pyridine rings is 1. The van der Waals surface area contributed by atoms with Crippen molar-refractivity contribution in [1.29, 1.82) is 0 Å². The van der Waals surface area contributed by atoms with Gasteiger partial charge in [-0.2, -0.15) is 0 Å². The van der Waals surface area contributed by atoms with Crippen molar-refractivity contribution in [2.24, 2.45) is 10.9 Å². The monoisotopic (exact) mass is 290 g/mol. The van der Waals surface area contributed by atoms with Crippen LogP contribution in [0.1, 0.15) is 16.8 Å². The minimum Gasteiger partial charge on any atom is -0.409 e. The van der Waals surface area contributed by atoms with Gasteiger partial charge in [0, 0.05) is 24.3 Å². The summed E-state index contributed by atoms with van der Waals surface area (Å²) in [4.78, 5) is 4.03. The Labute approximate surface area is 122 Å². The first-order valence-electron chi connectivity index (χ1n) is 6.07. The van der Waals surface area contributed by atoms with Crippen LogP contribution >= 0.6 is 11.6 Å². The molecule has 0 bridgehead atoms. The van der Waals surface area contributed by atoms with Gasteiger partial charge in [-0.15, -0.1) is 0 Å². The van der Waals surface area contributed by atoms with Crippen molar-refractivity contribution < 1.29 is 5.21 Å². The molecule has 0 aliphatic carbocycles. The molecule has 5 nitrogen and oxygen atoms in total. The molecule has 20 heavy (non-hydrogen) atoms. The lowest BCUT2D eigenvalue weighted by Crippen LogP contribution is -2.17. The van der Waals surface area contributed by atoms with Crippen molar-refractivity contribution in [3.05, 3.63) is 64.4 Å². The van der Waals surface area contributed by atoms with E-state index in [9.17, 15) is 0 Å². The fourth-order valence-corrected chi connectivity index (χ4v) is 1.99. The van der Waals surface area contributed by atoms with Crippen LogP contribution < -0.4 is 11.1 Å². The van der Waals surface area contributed by atoms with E-state index in [1.165, 1.54) is 0 Å².